The molecule has 2 heterocycles. The summed E-state index contributed by atoms with van der Waals surface area (Å²) in [4.78, 5) is 16.6. The van der Waals surface area contributed by atoms with Crippen LogP contribution in [0.5, 0.6) is 0 Å². The minimum Gasteiger partial charge on any atom is -0.335 e. The number of nitrogens with zero attached hydrogens (tertiary/aromatic N) is 4. The van der Waals surface area contributed by atoms with E-state index >= 15 is 0 Å². The molecular weight excluding hydrogens is 461 g/mol. The number of hydrogen-bond donors (Lipinski definition) is 2. The van der Waals surface area contributed by atoms with Crippen molar-refractivity contribution in [3.05, 3.63) is 41.0 Å². The van der Waals surface area contributed by atoms with E-state index in [2.05, 4.69) is 39.6 Å². The smallest absolute Gasteiger partial charge is 0.335 e. The summed E-state index contributed by atoms with van der Waals surface area (Å²) in [5, 5.41) is 11.1. The standard InChI is InChI=1S/C20H23F3N6OS2/c1-2-3-4-5-6-13-7-9-14(10-8-13)15-11-31-18(25-15)26-16(30)12-32-19-28-27-17(29(19)24)20(21,22)23/h7-11H,2-6,12,24H2,1H3,(H,25,26,30). The fourth-order valence-corrected chi connectivity index (χ4v) is 4.31. The number of carbonyl (C=O) groups is 1. The Labute approximate surface area is 191 Å². The Morgan fingerprint density at radius 2 is 1.94 bits per heavy atom. The molecule has 0 unspecified atom stereocenters. The normalized spacial score (nSPS) is 11.6. The Morgan fingerprint density at radius 3 is 2.59 bits per heavy atom. The molecular formula is C20H23F3N6OS2. The molecule has 0 fully saturated rings. The van der Waals surface area contributed by atoms with Crippen molar-refractivity contribution in [3.8, 4) is 11.3 Å². The summed E-state index contributed by atoms with van der Waals surface area (Å²) in [5.74, 6) is 3.41. The third kappa shape index (κ3) is 6.45. The summed E-state index contributed by atoms with van der Waals surface area (Å²) in [6, 6.07) is 8.21. The number of amides is 1. The van der Waals surface area contributed by atoms with Gasteiger partial charge < -0.3 is 11.2 Å². The zero-order chi connectivity index (χ0) is 23.1. The van der Waals surface area contributed by atoms with Gasteiger partial charge in [-0.1, -0.05) is 62.2 Å². The highest BCUT2D eigenvalue weighted by Gasteiger charge is 2.38. The van der Waals surface area contributed by atoms with Crippen LogP contribution in [0, 0.1) is 0 Å². The fourth-order valence-electron chi connectivity index (χ4n) is 2.92. The lowest BCUT2D eigenvalue weighted by Gasteiger charge is -2.06. The summed E-state index contributed by atoms with van der Waals surface area (Å²) in [6.07, 6.45) is 1.22. The molecule has 3 aromatic rings. The molecule has 0 spiro atoms. The highest BCUT2D eigenvalue weighted by atomic mass is 32.2. The van der Waals surface area contributed by atoms with Crippen molar-refractivity contribution < 1.29 is 18.0 Å². The van der Waals surface area contributed by atoms with E-state index < -0.39 is 17.9 Å². The quantitative estimate of drug-likeness (QED) is 0.239. The molecule has 2 aromatic heterocycles. The van der Waals surface area contributed by atoms with Crippen LogP contribution in [-0.4, -0.2) is 31.5 Å². The second-order valence-corrected chi connectivity index (χ2v) is 8.86. The highest BCUT2D eigenvalue weighted by Crippen LogP contribution is 2.29. The molecule has 0 saturated heterocycles. The predicted octanol–water partition coefficient (Wildman–Crippen LogP) is 4.99. The van der Waals surface area contributed by atoms with Crippen LogP contribution >= 0.6 is 23.1 Å². The van der Waals surface area contributed by atoms with Gasteiger partial charge in [0.1, 0.15) is 0 Å². The van der Waals surface area contributed by atoms with E-state index in [1.54, 1.807) is 0 Å². The average molecular weight is 485 g/mol. The van der Waals surface area contributed by atoms with Gasteiger partial charge >= 0.3 is 6.18 Å². The van der Waals surface area contributed by atoms with Crippen molar-refractivity contribution in [1.82, 2.24) is 19.9 Å². The molecule has 1 amide bonds. The Bertz CT molecular complexity index is 1030. The van der Waals surface area contributed by atoms with Gasteiger partial charge in [-0.15, -0.1) is 21.5 Å². The van der Waals surface area contributed by atoms with Crippen LogP contribution in [0.2, 0.25) is 0 Å². The predicted molar refractivity (Wildman–Crippen MR) is 120 cm³/mol. The number of hydrogen-bond acceptors (Lipinski definition) is 7. The summed E-state index contributed by atoms with van der Waals surface area (Å²) in [7, 11) is 0. The number of carbonyl (C=O) groups excluding carboxylic acids is 1. The number of nitrogens with one attached hydrogen (secondary N) is 1. The molecule has 1 aromatic carbocycles. The van der Waals surface area contributed by atoms with Gasteiger partial charge in [-0.05, 0) is 18.4 Å². The summed E-state index contributed by atoms with van der Waals surface area (Å²) in [6.45, 7) is 2.19. The third-order valence-electron chi connectivity index (χ3n) is 4.57. The zero-order valence-electron chi connectivity index (χ0n) is 17.4. The van der Waals surface area contributed by atoms with Crippen LogP contribution in [0.4, 0.5) is 18.3 Å². The van der Waals surface area contributed by atoms with Crippen molar-refractivity contribution >= 4 is 34.1 Å². The van der Waals surface area contributed by atoms with E-state index in [1.165, 1.54) is 42.6 Å². The number of thioether (sulfide) groups is 1. The monoisotopic (exact) mass is 484 g/mol. The van der Waals surface area contributed by atoms with Crippen molar-refractivity contribution in [2.24, 2.45) is 0 Å². The summed E-state index contributed by atoms with van der Waals surface area (Å²) < 4.78 is 38.4. The van der Waals surface area contributed by atoms with Crippen LogP contribution in [0.15, 0.2) is 34.8 Å². The number of benzene rings is 1. The minimum absolute atomic E-state index is 0.186. The highest BCUT2D eigenvalue weighted by molar-refractivity contribution is 7.99. The molecule has 7 nitrogen and oxygen atoms in total. The number of rotatable bonds is 10. The van der Waals surface area contributed by atoms with Crippen LogP contribution in [0.1, 0.15) is 44.0 Å². The van der Waals surface area contributed by atoms with Crippen molar-refractivity contribution in [3.63, 3.8) is 0 Å². The van der Waals surface area contributed by atoms with Gasteiger partial charge in [0.15, 0.2) is 5.13 Å². The molecule has 0 atom stereocenters. The summed E-state index contributed by atoms with van der Waals surface area (Å²) in [5.41, 5.74) is 2.98. The first-order valence-electron chi connectivity index (χ1n) is 10.0. The van der Waals surface area contributed by atoms with Gasteiger partial charge in [0.05, 0.1) is 11.4 Å². The van der Waals surface area contributed by atoms with E-state index in [0.717, 1.165) is 29.4 Å². The fraction of sp³-hybridized carbons (Fsp3) is 0.400. The average Bonchev–Trinajstić information content (AvgIpc) is 3.36. The van der Waals surface area contributed by atoms with Gasteiger partial charge in [0.25, 0.3) is 5.82 Å². The van der Waals surface area contributed by atoms with Crippen LogP contribution in [-0.2, 0) is 17.4 Å². The summed E-state index contributed by atoms with van der Waals surface area (Å²) >= 11 is 2.02. The van der Waals surface area contributed by atoms with Crippen LogP contribution in [0.3, 0.4) is 0 Å². The molecule has 0 saturated carbocycles. The molecule has 172 valence electrons. The van der Waals surface area contributed by atoms with Gasteiger partial charge in [-0.3, -0.25) is 4.79 Å². The Balaban J connectivity index is 1.51. The first kappa shape index (κ1) is 24.1. The number of nitrogen functional groups attached to an aromatic ring is 1. The first-order valence-corrected chi connectivity index (χ1v) is 11.9. The van der Waals surface area contributed by atoms with Gasteiger partial charge in [0.2, 0.25) is 11.1 Å². The van der Waals surface area contributed by atoms with E-state index in [4.69, 9.17) is 5.84 Å². The number of anilines is 1. The first-order chi connectivity index (χ1) is 15.3. The van der Waals surface area contributed by atoms with Gasteiger partial charge in [-0.2, -0.15) is 13.2 Å². The van der Waals surface area contributed by atoms with E-state index in [9.17, 15) is 18.0 Å². The number of aryl methyl sites for hydroxylation is 1. The number of alkyl halides is 3. The number of nitrogens with two attached hydrogens (primary N) is 1. The minimum atomic E-state index is -4.71. The lowest BCUT2D eigenvalue weighted by molar-refractivity contribution is -0.146. The molecule has 0 aliphatic rings. The van der Waals surface area contributed by atoms with Crippen molar-refractivity contribution in [1.29, 1.82) is 0 Å². The Morgan fingerprint density at radius 1 is 1.19 bits per heavy atom. The van der Waals surface area contributed by atoms with Crippen LogP contribution in [0.25, 0.3) is 11.3 Å². The lowest BCUT2D eigenvalue weighted by Crippen LogP contribution is -2.22. The number of aromatic nitrogens is 4. The Kier molecular flexibility index (Phi) is 8.13. The maximum Gasteiger partial charge on any atom is 0.453 e. The van der Waals surface area contributed by atoms with Crippen molar-refractivity contribution in [2.75, 3.05) is 16.9 Å². The van der Waals surface area contributed by atoms with Gasteiger partial charge in [0, 0.05) is 10.9 Å². The SMILES string of the molecule is CCCCCCc1ccc(-c2csc(NC(=O)CSc3nnc(C(F)(F)F)n3N)n2)cc1. The number of unbranched alkanes of at least 4 members (excludes halogenated alkanes) is 3. The van der Waals surface area contributed by atoms with E-state index in [-0.39, 0.29) is 10.9 Å². The molecule has 0 bridgehead atoms. The van der Waals surface area contributed by atoms with Crippen LogP contribution < -0.4 is 11.2 Å². The third-order valence-corrected chi connectivity index (χ3v) is 6.27. The number of thiazole rings is 1. The van der Waals surface area contributed by atoms with Crippen molar-refractivity contribution in [2.45, 2.75) is 50.4 Å². The zero-order valence-corrected chi connectivity index (χ0v) is 19.0. The molecule has 12 heteroatoms. The maximum atomic E-state index is 12.7. The van der Waals surface area contributed by atoms with E-state index in [1.807, 2.05) is 17.5 Å². The second kappa shape index (κ2) is 10.8. The molecule has 0 radical (unpaired) electrons. The van der Waals surface area contributed by atoms with Gasteiger partial charge in [-0.25, -0.2) is 9.66 Å². The molecule has 3 N–H and O–H groups in total. The maximum absolute atomic E-state index is 12.7. The largest absolute Gasteiger partial charge is 0.453 e. The molecule has 32 heavy (non-hydrogen) atoms. The number of halogens is 3. The molecule has 0 aliphatic heterocycles. The molecule has 0 aliphatic carbocycles. The topological polar surface area (TPSA) is 98.7 Å². The molecule has 3 rings (SSSR count). The Hall–Kier alpha value is -2.60. The van der Waals surface area contributed by atoms with E-state index in [0.29, 0.717) is 9.81 Å². The lowest BCUT2D eigenvalue weighted by atomic mass is 10.0. The second-order valence-electron chi connectivity index (χ2n) is 7.06.